The fourth-order valence-corrected chi connectivity index (χ4v) is 3.44. The van der Waals surface area contributed by atoms with E-state index in [0.29, 0.717) is 13.1 Å². The van der Waals surface area contributed by atoms with Gasteiger partial charge in [0.15, 0.2) is 5.75 Å². The Labute approximate surface area is 128 Å². The van der Waals surface area contributed by atoms with Crippen LogP contribution < -0.4 is 9.88 Å². The Balaban J connectivity index is 2.52. The molecule has 0 radical (unpaired) electrons. The normalized spacial score (nSPS) is 15.9. The van der Waals surface area contributed by atoms with Gasteiger partial charge in [0.25, 0.3) is 5.91 Å². The van der Waals surface area contributed by atoms with Gasteiger partial charge in [0.2, 0.25) is 10.0 Å². The molecule has 0 bridgehead atoms. The van der Waals surface area contributed by atoms with Crippen molar-refractivity contribution in [2.45, 2.75) is 24.2 Å². The molecule has 1 aromatic carbocycles. The molecule has 8 heteroatoms. The lowest BCUT2D eigenvalue weighted by molar-refractivity contribution is 0.0720. The summed E-state index contributed by atoms with van der Waals surface area (Å²) in [6, 6.07) is 2.59. The second-order valence-electron chi connectivity index (χ2n) is 4.88. The third-order valence-corrected chi connectivity index (χ3v) is 4.54. The van der Waals surface area contributed by atoms with E-state index < -0.39 is 10.0 Å². The molecular formula is C13H17ClN2O4S. The van der Waals surface area contributed by atoms with Crippen molar-refractivity contribution in [1.29, 1.82) is 0 Å². The van der Waals surface area contributed by atoms with Crippen LogP contribution in [0.2, 0.25) is 5.02 Å². The fraction of sp³-hybridized carbons (Fsp3) is 0.462. The first-order valence-electron chi connectivity index (χ1n) is 6.54. The van der Waals surface area contributed by atoms with Gasteiger partial charge in [-0.1, -0.05) is 11.6 Å². The summed E-state index contributed by atoms with van der Waals surface area (Å²) in [5.41, 5.74) is 0.121. The molecule has 1 aromatic rings. The largest absolute Gasteiger partial charge is 0.494 e. The van der Waals surface area contributed by atoms with Crippen molar-refractivity contribution in [3.05, 3.63) is 22.7 Å². The average Bonchev–Trinajstić information content (AvgIpc) is 2.45. The number of halogens is 1. The van der Waals surface area contributed by atoms with E-state index in [1.165, 1.54) is 19.2 Å². The lowest BCUT2D eigenvalue weighted by Crippen LogP contribution is -2.36. The standard InChI is InChI=1S/C13H17ClN2O4S/c1-20-12-10(13(17)16-5-3-2-4-6-16)7-9(14)8-11(12)21(15,18)19/h7-8H,2-6H2,1H3,(H2,15,18,19). The molecule has 2 N–H and O–H groups in total. The van der Waals surface area contributed by atoms with Crippen molar-refractivity contribution in [1.82, 2.24) is 4.90 Å². The molecule has 0 saturated carbocycles. The van der Waals surface area contributed by atoms with Crippen LogP contribution in [-0.2, 0) is 10.0 Å². The van der Waals surface area contributed by atoms with Gasteiger partial charge in [0, 0.05) is 18.1 Å². The molecular weight excluding hydrogens is 316 g/mol. The van der Waals surface area contributed by atoms with Crippen LogP contribution in [0.3, 0.4) is 0 Å². The Bertz CT molecular complexity index is 654. The maximum absolute atomic E-state index is 12.6. The number of ether oxygens (including phenoxy) is 1. The van der Waals surface area contributed by atoms with Crippen molar-refractivity contribution < 1.29 is 17.9 Å². The van der Waals surface area contributed by atoms with Crippen molar-refractivity contribution in [2.75, 3.05) is 20.2 Å². The van der Waals surface area contributed by atoms with Gasteiger partial charge in [-0.3, -0.25) is 4.79 Å². The van der Waals surface area contributed by atoms with Gasteiger partial charge in [-0.15, -0.1) is 0 Å². The topological polar surface area (TPSA) is 89.7 Å². The van der Waals surface area contributed by atoms with Crippen LogP contribution in [0.1, 0.15) is 29.6 Å². The molecule has 0 atom stereocenters. The summed E-state index contributed by atoms with van der Waals surface area (Å²) in [4.78, 5) is 14.0. The lowest BCUT2D eigenvalue weighted by atomic mass is 10.1. The third-order valence-electron chi connectivity index (χ3n) is 3.40. The highest BCUT2D eigenvalue weighted by molar-refractivity contribution is 7.89. The van der Waals surface area contributed by atoms with Crippen molar-refractivity contribution >= 4 is 27.5 Å². The molecule has 1 aliphatic heterocycles. The molecule has 2 rings (SSSR count). The second kappa shape index (κ2) is 6.21. The minimum absolute atomic E-state index is 0.0579. The van der Waals surface area contributed by atoms with Crippen molar-refractivity contribution in [3.8, 4) is 5.75 Å². The SMILES string of the molecule is COc1c(C(=O)N2CCCCC2)cc(Cl)cc1S(N)(=O)=O. The molecule has 0 aliphatic carbocycles. The van der Waals surface area contributed by atoms with E-state index in [9.17, 15) is 13.2 Å². The Morgan fingerprint density at radius 3 is 2.43 bits per heavy atom. The second-order valence-corrected chi connectivity index (χ2v) is 6.85. The molecule has 1 amide bonds. The number of rotatable bonds is 3. The summed E-state index contributed by atoms with van der Waals surface area (Å²) in [5, 5.41) is 5.28. The van der Waals surface area contributed by atoms with E-state index in [1.54, 1.807) is 4.90 Å². The molecule has 1 aliphatic rings. The number of methoxy groups -OCH3 is 1. The molecule has 1 heterocycles. The van der Waals surface area contributed by atoms with Gasteiger partial charge >= 0.3 is 0 Å². The van der Waals surface area contributed by atoms with Gasteiger partial charge in [-0.05, 0) is 31.4 Å². The Morgan fingerprint density at radius 1 is 1.29 bits per heavy atom. The number of piperidine rings is 1. The van der Waals surface area contributed by atoms with Crippen molar-refractivity contribution in [3.63, 3.8) is 0 Å². The zero-order valence-electron chi connectivity index (χ0n) is 11.6. The molecule has 1 saturated heterocycles. The van der Waals surface area contributed by atoms with E-state index >= 15 is 0 Å². The number of benzene rings is 1. The molecule has 6 nitrogen and oxygen atoms in total. The van der Waals surface area contributed by atoms with E-state index in [1.807, 2.05) is 0 Å². The van der Waals surface area contributed by atoms with Gasteiger partial charge < -0.3 is 9.64 Å². The Morgan fingerprint density at radius 2 is 1.90 bits per heavy atom. The zero-order valence-corrected chi connectivity index (χ0v) is 13.2. The summed E-state index contributed by atoms with van der Waals surface area (Å²) in [7, 11) is -2.74. The van der Waals surface area contributed by atoms with Crippen LogP contribution in [0.5, 0.6) is 5.75 Å². The van der Waals surface area contributed by atoms with E-state index in [0.717, 1.165) is 19.3 Å². The summed E-state index contributed by atoms with van der Waals surface area (Å²) in [5.74, 6) is -0.351. The third kappa shape index (κ3) is 3.48. The first-order valence-corrected chi connectivity index (χ1v) is 8.46. The molecule has 0 unspecified atom stereocenters. The lowest BCUT2D eigenvalue weighted by Gasteiger charge is -2.27. The first-order chi connectivity index (χ1) is 9.84. The van der Waals surface area contributed by atoms with Gasteiger partial charge in [0.1, 0.15) is 4.90 Å². The molecule has 116 valence electrons. The Kier molecular flexibility index (Phi) is 4.75. The van der Waals surface area contributed by atoms with E-state index in [-0.39, 0.29) is 27.1 Å². The van der Waals surface area contributed by atoms with Crippen LogP contribution in [0.4, 0.5) is 0 Å². The monoisotopic (exact) mass is 332 g/mol. The summed E-state index contributed by atoms with van der Waals surface area (Å²) < 4.78 is 28.4. The van der Waals surface area contributed by atoms with E-state index in [4.69, 9.17) is 21.5 Å². The first kappa shape index (κ1) is 16.1. The highest BCUT2D eigenvalue weighted by Crippen LogP contribution is 2.32. The number of sulfonamides is 1. The number of hydrogen-bond acceptors (Lipinski definition) is 4. The predicted octanol–water partition coefficient (Wildman–Crippen LogP) is 1.62. The maximum atomic E-state index is 12.6. The molecule has 1 fully saturated rings. The molecule has 21 heavy (non-hydrogen) atoms. The quantitative estimate of drug-likeness (QED) is 0.910. The Hall–Kier alpha value is -1.31. The van der Waals surface area contributed by atoms with Crippen molar-refractivity contribution in [2.24, 2.45) is 5.14 Å². The van der Waals surface area contributed by atoms with Crippen LogP contribution in [0.15, 0.2) is 17.0 Å². The number of hydrogen-bond donors (Lipinski definition) is 1. The van der Waals surface area contributed by atoms with Crippen LogP contribution in [0, 0.1) is 0 Å². The number of likely N-dealkylation sites (tertiary alicyclic amines) is 1. The average molecular weight is 333 g/mol. The van der Waals surface area contributed by atoms with Crippen LogP contribution in [0.25, 0.3) is 0 Å². The number of carbonyl (C=O) groups is 1. The minimum Gasteiger partial charge on any atom is -0.494 e. The van der Waals surface area contributed by atoms with Crippen LogP contribution in [-0.4, -0.2) is 39.4 Å². The summed E-state index contributed by atoms with van der Waals surface area (Å²) in [6.07, 6.45) is 2.94. The predicted molar refractivity (Wildman–Crippen MR) is 79.1 cm³/mol. The number of primary sulfonamides is 1. The number of nitrogens with two attached hydrogens (primary N) is 1. The maximum Gasteiger partial charge on any atom is 0.257 e. The smallest absolute Gasteiger partial charge is 0.257 e. The summed E-state index contributed by atoms with van der Waals surface area (Å²) >= 11 is 5.92. The fourth-order valence-electron chi connectivity index (χ4n) is 2.42. The van der Waals surface area contributed by atoms with Crippen LogP contribution >= 0.6 is 11.6 Å². The summed E-state index contributed by atoms with van der Waals surface area (Å²) in [6.45, 7) is 1.28. The van der Waals surface area contributed by atoms with Gasteiger partial charge in [0.05, 0.1) is 12.7 Å². The number of nitrogens with zero attached hydrogens (tertiary/aromatic N) is 1. The minimum atomic E-state index is -4.04. The highest BCUT2D eigenvalue weighted by Gasteiger charge is 2.27. The number of amides is 1. The van der Waals surface area contributed by atoms with Gasteiger partial charge in [-0.25, -0.2) is 13.6 Å². The van der Waals surface area contributed by atoms with Gasteiger partial charge in [-0.2, -0.15) is 0 Å². The number of carbonyl (C=O) groups excluding carboxylic acids is 1. The zero-order chi connectivity index (χ0) is 15.6. The molecule has 0 aromatic heterocycles. The molecule has 0 spiro atoms. The van der Waals surface area contributed by atoms with E-state index in [2.05, 4.69) is 0 Å². The highest BCUT2D eigenvalue weighted by atomic mass is 35.5.